The van der Waals surface area contributed by atoms with Gasteiger partial charge in [0.2, 0.25) is 0 Å². The van der Waals surface area contributed by atoms with Crippen molar-refractivity contribution in [2.75, 3.05) is 0 Å². The molecule has 42 heavy (non-hydrogen) atoms. The molecular formula is C30H17F9N2O. The van der Waals surface area contributed by atoms with Crippen molar-refractivity contribution in [3.63, 3.8) is 0 Å². The molecule has 0 saturated heterocycles. The van der Waals surface area contributed by atoms with Crippen molar-refractivity contribution in [1.29, 1.82) is 0 Å². The number of alkyl halides is 2. The molecule has 0 aromatic heterocycles. The maximum atomic E-state index is 14.9. The zero-order chi connectivity index (χ0) is 30.3. The van der Waals surface area contributed by atoms with E-state index in [4.69, 9.17) is 0 Å². The zero-order valence-corrected chi connectivity index (χ0v) is 21.3. The Balaban J connectivity index is 1.40. The molecule has 1 atom stereocenters. The van der Waals surface area contributed by atoms with E-state index in [9.17, 15) is 39.5 Å². The van der Waals surface area contributed by atoms with Crippen molar-refractivity contribution in [1.82, 2.24) is 5.32 Å². The third-order valence-corrected chi connectivity index (χ3v) is 6.33. The van der Waals surface area contributed by atoms with E-state index in [1.807, 2.05) is 0 Å². The fourth-order valence-corrected chi connectivity index (χ4v) is 4.31. The maximum absolute atomic E-state index is 14.9. The summed E-state index contributed by atoms with van der Waals surface area (Å²) in [4.78, 5) is 4.21. The van der Waals surface area contributed by atoms with Gasteiger partial charge in [0.1, 0.15) is 40.7 Å². The number of hydrogen-bond donors (Lipinski definition) is 1. The van der Waals surface area contributed by atoms with Crippen LogP contribution in [0.25, 0.3) is 22.3 Å². The Morgan fingerprint density at radius 3 is 1.76 bits per heavy atom. The van der Waals surface area contributed by atoms with Crippen LogP contribution in [0.1, 0.15) is 24.2 Å². The summed E-state index contributed by atoms with van der Waals surface area (Å²) in [5.41, 5.74) is -2.15. The summed E-state index contributed by atoms with van der Waals surface area (Å²) in [6, 6.07) is 7.71. The number of rotatable bonds is 6. The smallest absolute Gasteiger partial charge is 0.429 e. The van der Waals surface area contributed by atoms with Gasteiger partial charge in [0.25, 0.3) is 0 Å². The predicted octanol–water partition coefficient (Wildman–Crippen LogP) is 8.70. The van der Waals surface area contributed by atoms with Gasteiger partial charge in [-0.15, -0.1) is 0 Å². The summed E-state index contributed by atoms with van der Waals surface area (Å²) in [6.45, 7) is 1.80. The van der Waals surface area contributed by atoms with E-state index < -0.39 is 75.4 Å². The molecule has 12 heteroatoms. The summed E-state index contributed by atoms with van der Waals surface area (Å²) in [7, 11) is 0. The third kappa shape index (κ3) is 5.56. The standard InChI is InChI=1S/C30H17F9N2O/c1-14-12-40-29(41-13-14)15-2-4-19(21(31)6-15)16-7-23(33)27(24(34)8-16)30(38,39)42-18-3-5-20(22(32)11-18)17-9-25(35)28(37)26(36)10-17/h2-13,29,40H,1H3. The second-order valence-electron chi connectivity index (χ2n) is 9.30. The van der Waals surface area contributed by atoms with Crippen molar-refractivity contribution in [3.05, 3.63) is 124 Å². The number of aliphatic imine (C=N–C) groups is 1. The first-order valence-corrected chi connectivity index (χ1v) is 12.1. The van der Waals surface area contributed by atoms with Crippen LogP contribution in [0.3, 0.4) is 0 Å². The van der Waals surface area contributed by atoms with E-state index in [0.29, 0.717) is 35.9 Å². The molecule has 1 aliphatic rings. The van der Waals surface area contributed by atoms with Gasteiger partial charge >= 0.3 is 6.11 Å². The minimum atomic E-state index is -4.67. The number of allylic oxidation sites excluding steroid dienone is 1. The van der Waals surface area contributed by atoms with Gasteiger partial charge in [-0.25, -0.2) is 30.7 Å². The molecular weight excluding hydrogens is 575 g/mol. The van der Waals surface area contributed by atoms with Crippen molar-refractivity contribution in [3.8, 4) is 28.0 Å². The van der Waals surface area contributed by atoms with Crippen LogP contribution >= 0.6 is 0 Å². The van der Waals surface area contributed by atoms with Crippen molar-refractivity contribution >= 4 is 6.21 Å². The number of benzene rings is 4. The van der Waals surface area contributed by atoms with Crippen LogP contribution in [-0.2, 0) is 6.11 Å². The second-order valence-corrected chi connectivity index (χ2v) is 9.30. The molecule has 0 aliphatic carbocycles. The number of halogens is 9. The lowest BCUT2D eigenvalue weighted by Gasteiger charge is -2.21. The summed E-state index contributed by atoms with van der Waals surface area (Å²) in [6.07, 6.45) is -2.02. The lowest BCUT2D eigenvalue weighted by atomic mass is 9.99. The molecule has 0 saturated carbocycles. The molecule has 0 amide bonds. The van der Waals surface area contributed by atoms with Gasteiger partial charge in [0.05, 0.1) is 0 Å². The highest BCUT2D eigenvalue weighted by molar-refractivity contribution is 5.78. The van der Waals surface area contributed by atoms with E-state index in [-0.39, 0.29) is 11.1 Å². The average Bonchev–Trinajstić information content (AvgIpc) is 2.91. The first kappa shape index (κ1) is 28.8. The van der Waals surface area contributed by atoms with Crippen LogP contribution in [-0.4, -0.2) is 6.21 Å². The van der Waals surface area contributed by atoms with E-state index >= 15 is 0 Å². The first-order chi connectivity index (χ1) is 19.8. The summed E-state index contributed by atoms with van der Waals surface area (Å²) in [5.74, 6) is -11.6. The van der Waals surface area contributed by atoms with E-state index in [1.54, 1.807) is 19.3 Å². The van der Waals surface area contributed by atoms with Crippen LogP contribution in [0.2, 0.25) is 0 Å². The fourth-order valence-electron chi connectivity index (χ4n) is 4.31. The molecule has 216 valence electrons. The number of ether oxygens (including phenoxy) is 1. The highest BCUT2D eigenvalue weighted by atomic mass is 19.3. The Labute approximate surface area is 232 Å². The monoisotopic (exact) mass is 592 g/mol. The SMILES string of the molecule is CC1=CNC(c2ccc(-c3cc(F)c(C(F)(F)Oc4ccc(-c5cc(F)c(F)c(F)c5)c(F)c4)c(F)c3)c(F)c2)N=C1. The Kier molecular flexibility index (Phi) is 7.48. The minimum Gasteiger partial charge on any atom is -0.429 e. The molecule has 0 spiro atoms. The van der Waals surface area contributed by atoms with Gasteiger partial charge in [0, 0.05) is 29.6 Å². The topological polar surface area (TPSA) is 33.6 Å². The van der Waals surface area contributed by atoms with Crippen LogP contribution in [0.15, 0.2) is 77.4 Å². The number of nitrogens with one attached hydrogen (secondary N) is 1. The Morgan fingerprint density at radius 1 is 0.690 bits per heavy atom. The molecule has 1 aliphatic heterocycles. The van der Waals surface area contributed by atoms with Crippen LogP contribution in [0.5, 0.6) is 5.75 Å². The van der Waals surface area contributed by atoms with E-state index in [1.165, 1.54) is 12.1 Å². The molecule has 1 heterocycles. The van der Waals surface area contributed by atoms with Gasteiger partial charge < -0.3 is 10.1 Å². The third-order valence-electron chi connectivity index (χ3n) is 6.33. The van der Waals surface area contributed by atoms with Gasteiger partial charge in [-0.2, -0.15) is 8.78 Å². The summed E-state index contributed by atoms with van der Waals surface area (Å²) < 4.78 is 134. The molecule has 1 N–H and O–H groups in total. The molecule has 5 rings (SSSR count). The number of nitrogens with zero attached hydrogens (tertiary/aromatic N) is 1. The highest BCUT2D eigenvalue weighted by Crippen LogP contribution is 2.39. The zero-order valence-electron chi connectivity index (χ0n) is 21.3. The largest absolute Gasteiger partial charge is 0.432 e. The quantitative estimate of drug-likeness (QED) is 0.180. The van der Waals surface area contributed by atoms with Crippen LogP contribution in [0.4, 0.5) is 39.5 Å². The normalized spacial score (nSPS) is 14.9. The van der Waals surface area contributed by atoms with Gasteiger partial charge in [-0.3, -0.25) is 4.99 Å². The Bertz CT molecular complexity index is 1720. The maximum Gasteiger partial charge on any atom is 0.432 e. The Hall–Kier alpha value is -4.74. The highest BCUT2D eigenvalue weighted by Gasteiger charge is 2.41. The van der Waals surface area contributed by atoms with Gasteiger partial charge in [-0.05, 0) is 71.7 Å². The molecule has 3 nitrogen and oxygen atoms in total. The van der Waals surface area contributed by atoms with Gasteiger partial charge in [0.15, 0.2) is 17.5 Å². The second kappa shape index (κ2) is 10.9. The average molecular weight is 592 g/mol. The summed E-state index contributed by atoms with van der Waals surface area (Å²) in [5, 5.41) is 2.94. The summed E-state index contributed by atoms with van der Waals surface area (Å²) >= 11 is 0. The van der Waals surface area contributed by atoms with Gasteiger partial charge in [-0.1, -0.05) is 12.1 Å². The lowest BCUT2D eigenvalue weighted by Crippen LogP contribution is -2.25. The molecule has 0 fully saturated rings. The molecule has 4 aromatic rings. The molecule has 0 bridgehead atoms. The van der Waals surface area contributed by atoms with Crippen LogP contribution in [0, 0.1) is 40.7 Å². The number of hydrogen-bond acceptors (Lipinski definition) is 3. The molecule has 1 unspecified atom stereocenters. The van der Waals surface area contributed by atoms with Crippen molar-refractivity contribution in [2.24, 2.45) is 4.99 Å². The van der Waals surface area contributed by atoms with Crippen LogP contribution < -0.4 is 10.1 Å². The minimum absolute atomic E-state index is 0.273. The predicted molar refractivity (Wildman–Crippen MR) is 136 cm³/mol. The van der Waals surface area contributed by atoms with Crippen molar-refractivity contribution in [2.45, 2.75) is 19.2 Å². The lowest BCUT2D eigenvalue weighted by molar-refractivity contribution is -0.189. The molecule has 4 aromatic carbocycles. The first-order valence-electron chi connectivity index (χ1n) is 12.1. The van der Waals surface area contributed by atoms with E-state index in [0.717, 1.165) is 23.8 Å². The van der Waals surface area contributed by atoms with E-state index in [2.05, 4.69) is 15.0 Å². The molecule has 0 radical (unpaired) electrons. The fraction of sp³-hybridized carbons (Fsp3) is 0.100. The Morgan fingerprint density at radius 2 is 1.24 bits per heavy atom. The van der Waals surface area contributed by atoms with Crippen molar-refractivity contribution < 1.29 is 44.3 Å².